The summed E-state index contributed by atoms with van der Waals surface area (Å²) in [5.41, 5.74) is 8.94. The second kappa shape index (κ2) is 5.64. The molecule has 1 saturated carbocycles. The van der Waals surface area contributed by atoms with Crippen molar-refractivity contribution >= 4 is 28.1 Å². The molecule has 0 unspecified atom stereocenters. The number of fused-ring (bicyclic) bond motifs is 1. The molecule has 1 amide bonds. The van der Waals surface area contributed by atoms with Crippen molar-refractivity contribution in [3.05, 3.63) is 71.5 Å². The van der Waals surface area contributed by atoms with Crippen LogP contribution in [0.15, 0.2) is 54.6 Å². The molecule has 3 N–H and O–H groups in total. The van der Waals surface area contributed by atoms with Crippen LogP contribution in [0.25, 0.3) is 10.8 Å². The Morgan fingerprint density at radius 1 is 1.00 bits per heavy atom. The Kier molecular flexibility index (Phi) is 3.45. The standard InChI is InChI=1S/C20H17FN2O/c21-14-8-6-13(7-9-14)20(24)23-19-17-3-1-2-15(12-4-5-12)16(17)10-11-18(19)22/h1-3,6-12H,4-5,22H2,(H,23,24). The third-order valence-electron chi connectivity index (χ3n) is 4.49. The number of carbonyl (C=O) groups is 1. The van der Waals surface area contributed by atoms with Crippen molar-refractivity contribution in [3.63, 3.8) is 0 Å². The molecule has 0 heterocycles. The lowest BCUT2D eigenvalue weighted by Gasteiger charge is -2.14. The predicted molar refractivity (Wildman–Crippen MR) is 94.7 cm³/mol. The number of benzene rings is 3. The van der Waals surface area contributed by atoms with Crippen molar-refractivity contribution in [2.24, 2.45) is 0 Å². The van der Waals surface area contributed by atoms with Gasteiger partial charge in [-0.05, 0) is 60.0 Å². The molecule has 120 valence electrons. The lowest BCUT2D eigenvalue weighted by atomic mass is 9.99. The SMILES string of the molecule is Nc1ccc2c(C3CC3)cccc2c1NC(=O)c1ccc(F)cc1. The number of rotatable bonds is 3. The van der Waals surface area contributed by atoms with E-state index < -0.39 is 0 Å². The van der Waals surface area contributed by atoms with Gasteiger partial charge in [0.1, 0.15) is 5.82 Å². The number of amides is 1. The Bertz CT molecular complexity index is 930. The summed E-state index contributed by atoms with van der Waals surface area (Å²) in [6, 6.07) is 15.4. The molecule has 1 aliphatic rings. The van der Waals surface area contributed by atoms with E-state index in [9.17, 15) is 9.18 Å². The van der Waals surface area contributed by atoms with E-state index in [0.29, 0.717) is 22.9 Å². The number of nitrogen functional groups attached to an aromatic ring is 1. The van der Waals surface area contributed by atoms with Crippen LogP contribution >= 0.6 is 0 Å². The lowest BCUT2D eigenvalue weighted by Crippen LogP contribution is -2.13. The van der Waals surface area contributed by atoms with E-state index in [0.717, 1.165) is 10.8 Å². The molecule has 0 spiro atoms. The van der Waals surface area contributed by atoms with Gasteiger partial charge in [-0.1, -0.05) is 24.3 Å². The van der Waals surface area contributed by atoms with Gasteiger partial charge in [-0.3, -0.25) is 4.79 Å². The van der Waals surface area contributed by atoms with Gasteiger partial charge in [0, 0.05) is 10.9 Å². The molecule has 4 rings (SSSR count). The van der Waals surface area contributed by atoms with Crippen LogP contribution in [0.3, 0.4) is 0 Å². The topological polar surface area (TPSA) is 55.1 Å². The maximum Gasteiger partial charge on any atom is 0.255 e. The zero-order chi connectivity index (χ0) is 16.7. The minimum absolute atomic E-state index is 0.300. The molecule has 3 aromatic carbocycles. The Hall–Kier alpha value is -2.88. The summed E-state index contributed by atoms with van der Waals surface area (Å²) in [6.45, 7) is 0. The quantitative estimate of drug-likeness (QED) is 0.688. The number of hydrogen-bond donors (Lipinski definition) is 2. The number of anilines is 2. The number of hydrogen-bond acceptors (Lipinski definition) is 2. The number of halogens is 1. The first kappa shape index (κ1) is 14.7. The van der Waals surface area contributed by atoms with Crippen LogP contribution in [0, 0.1) is 5.82 Å². The second-order valence-electron chi connectivity index (χ2n) is 6.21. The van der Waals surface area contributed by atoms with Crippen LogP contribution in [-0.4, -0.2) is 5.91 Å². The van der Waals surface area contributed by atoms with Gasteiger partial charge in [0.25, 0.3) is 5.91 Å². The summed E-state index contributed by atoms with van der Waals surface area (Å²) in [7, 11) is 0. The first-order valence-electron chi connectivity index (χ1n) is 8.01. The normalized spacial score (nSPS) is 13.9. The second-order valence-corrected chi connectivity index (χ2v) is 6.21. The van der Waals surface area contributed by atoms with Crippen LogP contribution in [0.2, 0.25) is 0 Å². The highest BCUT2D eigenvalue weighted by atomic mass is 19.1. The van der Waals surface area contributed by atoms with Gasteiger partial charge < -0.3 is 11.1 Å². The van der Waals surface area contributed by atoms with E-state index in [1.165, 1.54) is 42.7 Å². The third kappa shape index (κ3) is 2.60. The lowest BCUT2D eigenvalue weighted by molar-refractivity contribution is 0.102. The molecule has 3 aromatic rings. The maximum absolute atomic E-state index is 13.0. The zero-order valence-electron chi connectivity index (χ0n) is 13.1. The summed E-state index contributed by atoms with van der Waals surface area (Å²) in [5.74, 6) is -0.0608. The summed E-state index contributed by atoms with van der Waals surface area (Å²) >= 11 is 0. The number of nitrogens with one attached hydrogen (secondary N) is 1. The first-order chi connectivity index (χ1) is 11.6. The summed E-state index contributed by atoms with van der Waals surface area (Å²) in [5, 5.41) is 4.96. The van der Waals surface area contributed by atoms with Crippen LogP contribution in [0.4, 0.5) is 15.8 Å². The van der Waals surface area contributed by atoms with E-state index in [1.54, 1.807) is 0 Å². The summed E-state index contributed by atoms with van der Waals surface area (Å²) in [6.07, 6.45) is 2.42. The number of carbonyl (C=O) groups excluding carboxylic acids is 1. The average Bonchev–Trinajstić information content (AvgIpc) is 3.42. The molecule has 0 bridgehead atoms. The third-order valence-corrected chi connectivity index (χ3v) is 4.49. The fourth-order valence-corrected chi connectivity index (χ4v) is 3.08. The molecule has 0 aliphatic heterocycles. The van der Waals surface area contributed by atoms with Gasteiger partial charge in [-0.25, -0.2) is 4.39 Å². The summed E-state index contributed by atoms with van der Waals surface area (Å²) < 4.78 is 13.0. The van der Waals surface area contributed by atoms with Crippen molar-refractivity contribution in [1.82, 2.24) is 0 Å². The van der Waals surface area contributed by atoms with Crippen LogP contribution in [0.5, 0.6) is 0 Å². The molecule has 1 aliphatic carbocycles. The fourth-order valence-electron chi connectivity index (χ4n) is 3.08. The van der Waals surface area contributed by atoms with Gasteiger partial charge in [-0.15, -0.1) is 0 Å². The minimum atomic E-state index is -0.370. The fraction of sp³-hybridized carbons (Fsp3) is 0.150. The Morgan fingerprint density at radius 2 is 1.75 bits per heavy atom. The maximum atomic E-state index is 13.0. The molecule has 24 heavy (non-hydrogen) atoms. The molecule has 1 fully saturated rings. The predicted octanol–water partition coefficient (Wildman–Crippen LogP) is 4.69. The largest absolute Gasteiger partial charge is 0.397 e. The Morgan fingerprint density at radius 3 is 2.46 bits per heavy atom. The highest BCUT2D eigenvalue weighted by Crippen LogP contribution is 2.44. The Balaban J connectivity index is 1.75. The summed E-state index contributed by atoms with van der Waals surface area (Å²) in [4.78, 5) is 12.5. The highest BCUT2D eigenvalue weighted by molar-refractivity contribution is 6.12. The van der Waals surface area contributed by atoms with E-state index in [1.807, 2.05) is 24.3 Å². The van der Waals surface area contributed by atoms with Crippen molar-refractivity contribution < 1.29 is 9.18 Å². The van der Waals surface area contributed by atoms with Crippen LogP contribution in [0.1, 0.15) is 34.7 Å². The molecule has 4 heteroatoms. The van der Waals surface area contributed by atoms with Gasteiger partial charge in [0.2, 0.25) is 0 Å². The zero-order valence-corrected chi connectivity index (χ0v) is 13.1. The van der Waals surface area contributed by atoms with Crippen LogP contribution < -0.4 is 11.1 Å². The van der Waals surface area contributed by atoms with E-state index in [4.69, 9.17) is 5.73 Å². The van der Waals surface area contributed by atoms with Crippen LogP contribution in [-0.2, 0) is 0 Å². The smallest absolute Gasteiger partial charge is 0.255 e. The average molecular weight is 320 g/mol. The Labute approximate surface area is 139 Å². The molecule has 0 radical (unpaired) electrons. The van der Waals surface area contributed by atoms with E-state index in [-0.39, 0.29) is 11.7 Å². The molecule has 3 nitrogen and oxygen atoms in total. The van der Waals surface area contributed by atoms with Crippen molar-refractivity contribution in [3.8, 4) is 0 Å². The van der Waals surface area contributed by atoms with Gasteiger partial charge in [0.05, 0.1) is 11.4 Å². The molecule has 0 aromatic heterocycles. The van der Waals surface area contributed by atoms with E-state index in [2.05, 4.69) is 11.4 Å². The van der Waals surface area contributed by atoms with Gasteiger partial charge in [0.15, 0.2) is 0 Å². The van der Waals surface area contributed by atoms with Crippen molar-refractivity contribution in [2.75, 3.05) is 11.1 Å². The minimum Gasteiger partial charge on any atom is -0.397 e. The monoisotopic (exact) mass is 320 g/mol. The molecule has 0 atom stereocenters. The number of nitrogens with two attached hydrogens (primary N) is 1. The molecular weight excluding hydrogens is 303 g/mol. The van der Waals surface area contributed by atoms with Crippen molar-refractivity contribution in [1.29, 1.82) is 0 Å². The molecule has 0 saturated heterocycles. The van der Waals surface area contributed by atoms with Gasteiger partial charge in [-0.2, -0.15) is 0 Å². The van der Waals surface area contributed by atoms with Gasteiger partial charge >= 0.3 is 0 Å². The molecular formula is C20H17FN2O. The van der Waals surface area contributed by atoms with Crippen molar-refractivity contribution in [2.45, 2.75) is 18.8 Å². The highest BCUT2D eigenvalue weighted by Gasteiger charge is 2.25. The first-order valence-corrected chi connectivity index (χ1v) is 8.01. The van der Waals surface area contributed by atoms with E-state index >= 15 is 0 Å².